The predicted octanol–water partition coefficient (Wildman–Crippen LogP) is 1.70. The maximum Gasteiger partial charge on any atom is 0.310 e. The van der Waals surface area contributed by atoms with Gasteiger partial charge in [0, 0.05) is 20.1 Å². The molecule has 7 heteroatoms. The molecule has 0 spiro atoms. The number of carboxylic acid groups (broad SMARTS) is 1. The van der Waals surface area contributed by atoms with Gasteiger partial charge in [-0.05, 0) is 39.5 Å². The van der Waals surface area contributed by atoms with Crippen LogP contribution in [0.1, 0.15) is 59.8 Å². The van der Waals surface area contributed by atoms with Crippen LogP contribution in [0.4, 0.5) is 0 Å². The smallest absolute Gasteiger partial charge is 0.310 e. The van der Waals surface area contributed by atoms with Crippen LogP contribution < -0.4 is 10.6 Å². The van der Waals surface area contributed by atoms with E-state index in [1.807, 2.05) is 0 Å². The maximum atomic E-state index is 12.4. The Labute approximate surface area is 149 Å². The van der Waals surface area contributed by atoms with Crippen molar-refractivity contribution < 1.29 is 24.2 Å². The van der Waals surface area contributed by atoms with Gasteiger partial charge in [0.2, 0.25) is 11.8 Å². The number of amides is 2. The van der Waals surface area contributed by atoms with Gasteiger partial charge in [-0.1, -0.05) is 19.3 Å². The third-order valence-electron chi connectivity index (χ3n) is 4.71. The molecule has 1 saturated carbocycles. The van der Waals surface area contributed by atoms with Gasteiger partial charge in [0.1, 0.15) is 6.04 Å². The lowest BCUT2D eigenvalue weighted by atomic mass is 9.90. The zero-order valence-electron chi connectivity index (χ0n) is 15.8. The first-order valence-electron chi connectivity index (χ1n) is 9.03. The van der Waals surface area contributed by atoms with Crippen LogP contribution in [0.5, 0.6) is 0 Å². The second kappa shape index (κ2) is 9.75. The lowest BCUT2D eigenvalue weighted by Gasteiger charge is -2.28. The minimum atomic E-state index is -1.08. The summed E-state index contributed by atoms with van der Waals surface area (Å²) in [4.78, 5) is 35.0. The number of carbonyl (C=O) groups is 3. The molecule has 7 nitrogen and oxygen atoms in total. The van der Waals surface area contributed by atoms with Crippen LogP contribution in [0, 0.1) is 11.3 Å². The first kappa shape index (κ1) is 21.4. The lowest BCUT2D eigenvalue weighted by Crippen LogP contribution is -2.54. The van der Waals surface area contributed by atoms with Crippen LogP contribution in [-0.4, -0.2) is 48.2 Å². The third kappa shape index (κ3) is 7.42. The Morgan fingerprint density at radius 3 is 2.32 bits per heavy atom. The Bertz CT molecular complexity index is 472. The highest BCUT2D eigenvalue weighted by molar-refractivity contribution is 5.87. The molecule has 2 amide bonds. The van der Waals surface area contributed by atoms with E-state index in [0.717, 1.165) is 12.8 Å². The van der Waals surface area contributed by atoms with E-state index in [-0.39, 0.29) is 12.5 Å². The number of hydrogen-bond acceptors (Lipinski definition) is 4. The molecule has 0 saturated heterocycles. The van der Waals surface area contributed by atoms with Crippen molar-refractivity contribution in [1.29, 1.82) is 0 Å². The van der Waals surface area contributed by atoms with Gasteiger partial charge < -0.3 is 20.5 Å². The molecular formula is C18H32N2O5. The number of ether oxygens (including phenoxy) is 1. The van der Waals surface area contributed by atoms with Gasteiger partial charge in [0.15, 0.2) is 0 Å². The number of rotatable bonds is 9. The molecule has 0 aromatic rings. The van der Waals surface area contributed by atoms with Crippen LogP contribution in [0.25, 0.3) is 0 Å². The largest absolute Gasteiger partial charge is 0.481 e. The Morgan fingerprint density at radius 1 is 1.20 bits per heavy atom. The Balaban J connectivity index is 2.59. The van der Waals surface area contributed by atoms with Gasteiger partial charge in [-0.25, -0.2) is 0 Å². The molecule has 3 N–H and O–H groups in total. The summed E-state index contributed by atoms with van der Waals surface area (Å²) in [6.07, 6.45) is 5.47. The summed E-state index contributed by atoms with van der Waals surface area (Å²) in [7, 11) is 0. The van der Waals surface area contributed by atoms with Crippen LogP contribution >= 0.6 is 0 Å². The molecule has 144 valence electrons. The molecule has 1 rings (SSSR count). The van der Waals surface area contributed by atoms with Crippen LogP contribution in [-0.2, 0) is 19.1 Å². The average Bonchev–Trinajstić information content (AvgIpc) is 2.56. The molecule has 1 aliphatic rings. The summed E-state index contributed by atoms with van der Waals surface area (Å²) in [5, 5.41) is 14.4. The van der Waals surface area contributed by atoms with E-state index < -0.39 is 29.4 Å². The Hall–Kier alpha value is -1.63. The third-order valence-corrected chi connectivity index (χ3v) is 4.71. The molecule has 2 atom stereocenters. The summed E-state index contributed by atoms with van der Waals surface area (Å²) in [6, 6.07) is -0.842. The van der Waals surface area contributed by atoms with Crippen molar-refractivity contribution in [3.8, 4) is 0 Å². The molecule has 0 aromatic heterocycles. The Morgan fingerprint density at radius 2 is 1.80 bits per heavy atom. The lowest BCUT2D eigenvalue weighted by molar-refractivity contribution is -0.147. The molecule has 25 heavy (non-hydrogen) atoms. The van der Waals surface area contributed by atoms with Crippen molar-refractivity contribution in [2.24, 2.45) is 11.3 Å². The highest BCUT2D eigenvalue weighted by Gasteiger charge is 2.32. The maximum absolute atomic E-state index is 12.4. The van der Waals surface area contributed by atoms with Crippen molar-refractivity contribution in [2.45, 2.75) is 71.9 Å². The van der Waals surface area contributed by atoms with Gasteiger partial charge in [-0.2, -0.15) is 0 Å². The second-order valence-corrected chi connectivity index (χ2v) is 7.63. The number of carboxylic acids is 1. The summed E-state index contributed by atoms with van der Waals surface area (Å²) in [5.41, 5.74) is -1.08. The SMILES string of the molecule is CC(=O)NC(C(=O)NCC(C)(C)C(=O)O)C(C)OCC1CCCCC1. The van der Waals surface area contributed by atoms with E-state index in [1.165, 1.54) is 40.0 Å². The van der Waals surface area contributed by atoms with E-state index >= 15 is 0 Å². The molecule has 2 unspecified atom stereocenters. The van der Waals surface area contributed by atoms with E-state index in [4.69, 9.17) is 9.84 Å². The van der Waals surface area contributed by atoms with E-state index in [2.05, 4.69) is 10.6 Å². The first-order valence-corrected chi connectivity index (χ1v) is 9.03. The molecule has 0 radical (unpaired) electrons. The number of nitrogens with one attached hydrogen (secondary N) is 2. The van der Waals surface area contributed by atoms with Crippen LogP contribution in [0.15, 0.2) is 0 Å². The average molecular weight is 356 g/mol. The standard InChI is InChI=1S/C18H32N2O5/c1-12(25-10-14-8-6-5-7-9-14)15(20-13(2)21)16(22)19-11-18(3,4)17(23)24/h12,14-15H,5-11H2,1-4H3,(H,19,22)(H,20,21)(H,23,24). The highest BCUT2D eigenvalue weighted by atomic mass is 16.5. The number of carbonyl (C=O) groups excluding carboxylic acids is 2. The summed E-state index contributed by atoms with van der Waals surface area (Å²) < 4.78 is 5.85. The van der Waals surface area contributed by atoms with Gasteiger partial charge in [-0.3, -0.25) is 14.4 Å². The molecule has 1 fully saturated rings. The summed E-state index contributed by atoms with van der Waals surface area (Å²) >= 11 is 0. The fourth-order valence-electron chi connectivity index (χ4n) is 2.85. The normalized spacial score (nSPS) is 18.2. The topological polar surface area (TPSA) is 105 Å². The minimum absolute atomic E-state index is 0.0212. The van der Waals surface area contributed by atoms with Crippen molar-refractivity contribution >= 4 is 17.8 Å². The fraction of sp³-hybridized carbons (Fsp3) is 0.833. The summed E-state index contributed by atoms with van der Waals surface area (Å²) in [6.45, 7) is 6.72. The molecular weight excluding hydrogens is 324 g/mol. The molecule has 0 aromatic carbocycles. The summed E-state index contributed by atoms with van der Waals surface area (Å²) in [5.74, 6) is -1.25. The molecule has 0 bridgehead atoms. The molecule has 0 heterocycles. The monoisotopic (exact) mass is 356 g/mol. The van der Waals surface area contributed by atoms with Crippen molar-refractivity contribution in [3.05, 3.63) is 0 Å². The van der Waals surface area contributed by atoms with Crippen LogP contribution in [0.3, 0.4) is 0 Å². The van der Waals surface area contributed by atoms with Crippen molar-refractivity contribution in [3.63, 3.8) is 0 Å². The quantitative estimate of drug-likeness (QED) is 0.583. The van der Waals surface area contributed by atoms with Gasteiger partial charge >= 0.3 is 5.97 Å². The fourth-order valence-corrected chi connectivity index (χ4v) is 2.85. The second-order valence-electron chi connectivity index (χ2n) is 7.63. The minimum Gasteiger partial charge on any atom is -0.481 e. The van der Waals surface area contributed by atoms with E-state index in [0.29, 0.717) is 12.5 Å². The predicted molar refractivity (Wildman–Crippen MR) is 94.0 cm³/mol. The zero-order valence-corrected chi connectivity index (χ0v) is 15.8. The molecule has 1 aliphatic carbocycles. The van der Waals surface area contributed by atoms with E-state index in [1.54, 1.807) is 6.92 Å². The zero-order chi connectivity index (χ0) is 19.0. The molecule has 0 aliphatic heterocycles. The van der Waals surface area contributed by atoms with Gasteiger partial charge in [0.05, 0.1) is 11.5 Å². The van der Waals surface area contributed by atoms with Crippen molar-refractivity contribution in [2.75, 3.05) is 13.2 Å². The van der Waals surface area contributed by atoms with Gasteiger partial charge in [0.25, 0.3) is 0 Å². The first-order chi connectivity index (χ1) is 11.6. The van der Waals surface area contributed by atoms with Crippen LogP contribution in [0.2, 0.25) is 0 Å². The number of aliphatic carboxylic acids is 1. The highest BCUT2D eigenvalue weighted by Crippen LogP contribution is 2.24. The number of hydrogen-bond donors (Lipinski definition) is 3. The Kier molecular flexibility index (Phi) is 8.35. The van der Waals surface area contributed by atoms with Crippen molar-refractivity contribution in [1.82, 2.24) is 10.6 Å². The van der Waals surface area contributed by atoms with Gasteiger partial charge in [-0.15, -0.1) is 0 Å². The van der Waals surface area contributed by atoms with E-state index in [9.17, 15) is 14.4 Å².